The molecule has 0 spiro atoms. The number of aliphatic carboxylic acids is 1. The Bertz CT molecular complexity index is 386. The molecule has 15 heavy (non-hydrogen) atoms. The lowest BCUT2D eigenvalue weighted by atomic mass is 9.78. The number of ether oxygens (including phenoxy) is 1. The summed E-state index contributed by atoms with van der Waals surface area (Å²) >= 11 is 0. The zero-order valence-corrected chi connectivity index (χ0v) is 8.69. The maximum atomic E-state index is 11.2. The minimum Gasteiger partial charge on any atom is -0.492 e. The van der Waals surface area contributed by atoms with Gasteiger partial charge in [-0.05, 0) is 24.5 Å². The lowest BCUT2D eigenvalue weighted by Crippen LogP contribution is -2.41. The number of fused-ring (bicyclic) bond motifs is 1. The Morgan fingerprint density at radius 1 is 1.53 bits per heavy atom. The maximum absolute atomic E-state index is 11.2. The highest BCUT2D eigenvalue weighted by Crippen LogP contribution is 2.36. The van der Waals surface area contributed by atoms with Gasteiger partial charge in [0.25, 0.3) is 0 Å². The van der Waals surface area contributed by atoms with E-state index in [9.17, 15) is 9.90 Å². The standard InChI is InChI=1S/C12H14O3/c1-2-12(11(13)14)7-9-5-3-4-6-10(9)15-8-12/h3-6H,2,7-8H2,1H3,(H,13,14). The van der Waals surface area contributed by atoms with Crippen LogP contribution >= 0.6 is 0 Å². The smallest absolute Gasteiger partial charge is 0.313 e. The Balaban J connectivity index is 2.35. The van der Waals surface area contributed by atoms with Crippen molar-refractivity contribution in [3.8, 4) is 5.75 Å². The molecule has 1 N–H and O–H groups in total. The first-order chi connectivity index (χ1) is 7.18. The molecule has 2 rings (SSSR count). The Kier molecular flexibility index (Phi) is 2.39. The first-order valence-electron chi connectivity index (χ1n) is 5.12. The molecular formula is C12H14O3. The molecule has 0 radical (unpaired) electrons. The summed E-state index contributed by atoms with van der Waals surface area (Å²) in [5, 5.41) is 9.23. The normalized spacial score (nSPS) is 24.1. The van der Waals surface area contributed by atoms with Crippen molar-refractivity contribution < 1.29 is 14.6 Å². The van der Waals surface area contributed by atoms with E-state index in [-0.39, 0.29) is 6.61 Å². The van der Waals surface area contributed by atoms with Gasteiger partial charge in [0.1, 0.15) is 17.8 Å². The van der Waals surface area contributed by atoms with Gasteiger partial charge in [0, 0.05) is 0 Å². The number of carboxylic acid groups (broad SMARTS) is 1. The van der Waals surface area contributed by atoms with E-state index in [2.05, 4.69) is 0 Å². The van der Waals surface area contributed by atoms with Crippen LogP contribution in [0.2, 0.25) is 0 Å². The molecule has 3 heteroatoms. The molecule has 1 atom stereocenters. The molecule has 0 amide bonds. The van der Waals surface area contributed by atoms with E-state index in [1.54, 1.807) is 0 Å². The number of para-hydroxylation sites is 1. The Morgan fingerprint density at radius 2 is 2.27 bits per heavy atom. The van der Waals surface area contributed by atoms with Gasteiger partial charge in [-0.2, -0.15) is 0 Å². The monoisotopic (exact) mass is 206 g/mol. The predicted molar refractivity (Wildman–Crippen MR) is 56.0 cm³/mol. The average molecular weight is 206 g/mol. The van der Waals surface area contributed by atoms with E-state index in [4.69, 9.17) is 4.74 Å². The van der Waals surface area contributed by atoms with Gasteiger partial charge >= 0.3 is 5.97 Å². The summed E-state index contributed by atoms with van der Waals surface area (Å²) in [6, 6.07) is 7.63. The molecular weight excluding hydrogens is 192 g/mol. The van der Waals surface area contributed by atoms with Gasteiger partial charge in [-0.15, -0.1) is 0 Å². The molecule has 1 aliphatic heterocycles. The summed E-state index contributed by atoms with van der Waals surface area (Å²) in [4.78, 5) is 11.2. The molecule has 0 bridgehead atoms. The van der Waals surface area contributed by atoms with Crippen molar-refractivity contribution in [3.63, 3.8) is 0 Å². The highest BCUT2D eigenvalue weighted by atomic mass is 16.5. The number of hydrogen-bond donors (Lipinski definition) is 1. The van der Waals surface area contributed by atoms with Crippen molar-refractivity contribution in [2.75, 3.05) is 6.61 Å². The fourth-order valence-corrected chi connectivity index (χ4v) is 1.94. The number of carbonyl (C=O) groups is 1. The third-order valence-electron chi connectivity index (χ3n) is 3.14. The molecule has 1 aliphatic rings. The van der Waals surface area contributed by atoms with Gasteiger partial charge in [-0.25, -0.2) is 0 Å². The zero-order chi connectivity index (χ0) is 10.9. The molecule has 1 aromatic carbocycles. The van der Waals surface area contributed by atoms with Crippen molar-refractivity contribution in [1.29, 1.82) is 0 Å². The maximum Gasteiger partial charge on any atom is 0.313 e. The lowest BCUT2D eigenvalue weighted by Gasteiger charge is -2.33. The topological polar surface area (TPSA) is 46.5 Å². The van der Waals surface area contributed by atoms with E-state index < -0.39 is 11.4 Å². The molecule has 3 nitrogen and oxygen atoms in total. The van der Waals surface area contributed by atoms with Crippen LogP contribution in [0.15, 0.2) is 24.3 Å². The molecule has 0 fully saturated rings. The number of hydrogen-bond acceptors (Lipinski definition) is 2. The van der Waals surface area contributed by atoms with Crippen molar-refractivity contribution in [3.05, 3.63) is 29.8 Å². The SMILES string of the molecule is CCC1(C(=O)O)COc2ccccc2C1. The van der Waals surface area contributed by atoms with E-state index in [1.165, 1.54) is 0 Å². The number of rotatable bonds is 2. The summed E-state index contributed by atoms with van der Waals surface area (Å²) in [5.41, 5.74) is 0.252. The summed E-state index contributed by atoms with van der Waals surface area (Å²) in [7, 11) is 0. The van der Waals surface area contributed by atoms with Crippen LogP contribution in [0, 0.1) is 5.41 Å². The minimum atomic E-state index is -0.764. The molecule has 1 aromatic rings. The van der Waals surface area contributed by atoms with E-state index >= 15 is 0 Å². The van der Waals surface area contributed by atoms with E-state index in [0.29, 0.717) is 12.8 Å². The van der Waals surface area contributed by atoms with Crippen LogP contribution in [-0.4, -0.2) is 17.7 Å². The molecule has 0 aliphatic carbocycles. The highest BCUT2D eigenvalue weighted by Gasteiger charge is 2.41. The van der Waals surface area contributed by atoms with Crippen LogP contribution in [0.25, 0.3) is 0 Å². The molecule has 0 saturated heterocycles. The Morgan fingerprint density at radius 3 is 2.93 bits per heavy atom. The summed E-state index contributed by atoms with van der Waals surface area (Å²) in [6.45, 7) is 2.17. The second-order valence-corrected chi connectivity index (χ2v) is 4.01. The first kappa shape index (κ1) is 10.0. The van der Waals surface area contributed by atoms with Gasteiger partial charge < -0.3 is 9.84 Å². The van der Waals surface area contributed by atoms with E-state index in [0.717, 1.165) is 11.3 Å². The zero-order valence-electron chi connectivity index (χ0n) is 8.69. The predicted octanol–water partition coefficient (Wildman–Crippen LogP) is 2.10. The van der Waals surface area contributed by atoms with Gasteiger partial charge in [-0.3, -0.25) is 4.79 Å². The van der Waals surface area contributed by atoms with Crippen molar-refractivity contribution in [1.82, 2.24) is 0 Å². The number of carboxylic acids is 1. The first-order valence-corrected chi connectivity index (χ1v) is 5.12. The van der Waals surface area contributed by atoms with E-state index in [1.807, 2.05) is 31.2 Å². The fourth-order valence-electron chi connectivity index (χ4n) is 1.94. The average Bonchev–Trinajstić information content (AvgIpc) is 2.28. The third-order valence-corrected chi connectivity index (χ3v) is 3.14. The second-order valence-electron chi connectivity index (χ2n) is 4.01. The summed E-state index contributed by atoms with van der Waals surface area (Å²) in [5.74, 6) is 0.0577. The lowest BCUT2D eigenvalue weighted by molar-refractivity contribution is -0.152. The van der Waals surface area contributed by atoms with Crippen LogP contribution in [0.4, 0.5) is 0 Å². The molecule has 80 valence electrons. The highest BCUT2D eigenvalue weighted by molar-refractivity contribution is 5.76. The quantitative estimate of drug-likeness (QED) is 0.806. The second kappa shape index (κ2) is 3.57. The van der Waals surface area contributed by atoms with Gasteiger partial charge in [0.05, 0.1) is 0 Å². The third kappa shape index (κ3) is 1.58. The van der Waals surface area contributed by atoms with Crippen molar-refractivity contribution >= 4 is 5.97 Å². The summed E-state index contributed by atoms with van der Waals surface area (Å²) in [6.07, 6.45) is 1.16. The molecule has 0 aromatic heterocycles. The Hall–Kier alpha value is -1.51. The fraction of sp³-hybridized carbons (Fsp3) is 0.417. The van der Waals surface area contributed by atoms with Crippen LogP contribution in [0.3, 0.4) is 0 Å². The number of benzene rings is 1. The van der Waals surface area contributed by atoms with Crippen molar-refractivity contribution in [2.45, 2.75) is 19.8 Å². The minimum absolute atomic E-state index is 0.274. The largest absolute Gasteiger partial charge is 0.492 e. The van der Waals surface area contributed by atoms with Crippen molar-refractivity contribution in [2.24, 2.45) is 5.41 Å². The molecule has 0 saturated carbocycles. The van der Waals surface area contributed by atoms with Gasteiger partial charge in [0.15, 0.2) is 0 Å². The van der Waals surface area contributed by atoms with Crippen LogP contribution in [0.5, 0.6) is 5.75 Å². The molecule has 1 unspecified atom stereocenters. The summed E-state index contributed by atoms with van der Waals surface area (Å²) < 4.78 is 5.51. The Labute approximate surface area is 88.7 Å². The molecule has 1 heterocycles. The van der Waals surface area contributed by atoms with Gasteiger partial charge in [0.2, 0.25) is 0 Å². The van der Waals surface area contributed by atoms with Crippen LogP contribution in [0.1, 0.15) is 18.9 Å². The van der Waals surface area contributed by atoms with Crippen LogP contribution < -0.4 is 4.74 Å². The van der Waals surface area contributed by atoms with Crippen LogP contribution in [-0.2, 0) is 11.2 Å². The van der Waals surface area contributed by atoms with Gasteiger partial charge in [-0.1, -0.05) is 25.1 Å².